The van der Waals surface area contributed by atoms with Crippen LogP contribution in [0.3, 0.4) is 0 Å². The minimum atomic E-state index is 0.286. The molecule has 1 aliphatic heterocycles. The molecule has 0 aromatic rings. The van der Waals surface area contributed by atoms with Crippen molar-refractivity contribution in [3.8, 4) is 0 Å². The van der Waals surface area contributed by atoms with Gasteiger partial charge in [-0.1, -0.05) is 0 Å². The van der Waals surface area contributed by atoms with Crippen LogP contribution in [0.5, 0.6) is 0 Å². The lowest BCUT2D eigenvalue weighted by Gasteiger charge is -2.16. The van der Waals surface area contributed by atoms with E-state index < -0.39 is 0 Å². The summed E-state index contributed by atoms with van der Waals surface area (Å²) < 4.78 is 5.17. The van der Waals surface area contributed by atoms with Crippen LogP contribution >= 0.6 is 0 Å². The maximum atomic E-state index is 5.17. The summed E-state index contributed by atoms with van der Waals surface area (Å²) in [5.74, 6) is 0. The Morgan fingerprint density at radius 3 is 2.86 bits per heavy atom. The summed E-state index contributed by atoms with van der Waals surface area (Å²) >= 11 is 0. The van der Waals surface area contributed by atoms with Crippen molar-refractivity contribution >= 4 is 0 Å². The van der Waals surface area contributed by atoms with E-state index in [2.05, 4.69) is 6.42 Å². The lowest BCUT2D eigenvalue weighted by Crippen LogP contribution is -2.15. The molecule has 1 heteroatoms. The van der Waals surface area contributed by atoms with Gasteiger partial charge in [0.1, 0.15) is 0 Å². The Balaban J connectivity index is 2.12. The molecule has 0 spiro atoms. The normalized spacial score (nSPS) is 33.0. The molecule has 1 aliphatic rings. The van der Waals surface area contributed by atoms with Gasteiger partial charge in [-0.05, 0) is 19.8 Å². The lowest BCUT2D eigenvalue weighted by molar-refractivity contribution is 0.0614. The van der Waals surface area contributed by atoms with Crippen molar-refractivity contribution in [2.45, 2.75) is 25.9 Å². The van der Waals surface area contributed by atoms with Crippen LogP contribution in [0.15, 0.2) is 0 Å². The average molecular weight is 98.1 g/mol. The van der Waals surface area contributed by atoms with Crippen LogP contribution in [0.1, 0.15) is 19.8 Å². The van der Waals surface area contributed by atoms with Crippen LogP contribution < -0.4 is 0 Å². The van der Waals surface area contributed by atoms with Gasteiger partial charge in [-0.25, -0.2) is 0 Å². The van der Waals surface area contributed by atoms with Crippen molar-refractivity contribution in [1.82, 2.24) is 0 Å². The zero-order valence-corrected chi connectivity index (χ0v) is 4.61. The number of ether oxygens (including phenoxy) is 1. The monoisotopic (exact) mass is 98.1 g/mol. The van der Waals surface area contributed by atoms with Crippen molar-refractivity contribution in [3.05, 3.63) is 6.42 Å². The SMILES string of the molecule is CC1[C]CCCO1. The van der Waals surface area contributed by atoms with Gasteiger partial charge in [-0.3, -0.25) is 0 Å². The van der Waals surface area contributed by atoms with Gasteiger partial charge < -0.3 is 4.74 Å². The fourth-order valence-corrected chi connectivity index (χ4v) is 0.697. The smallest absolute Gasteiger partial charge is 0.0616 e. The molecule has 1 heterocycles. The first-order valence-corrected chi connectivity index (χ1v) is 2.74. The Bertz CT molecular complexity index is 46.1. The van der Waals surface area contributed by atoms with Crippen LogP contribution in [-0.2, 0) is 4.74 Å². The maximum Gasteiger partial charge on any atom is 0.0616 e. The minimum Gasteiger partial charge on any atom is -0.378 e. The summed E-state index contributed by atoms with van der Waals surface area (Å²) in [6, 6.07) is 0. The van der Waals surface area contributed by atoms with Crippen LogP contribution in [0.4, 0.5) is 0 Å². The predicted molar refractivity (Wildman–Crippen MR) is 27.9 cm³/mol. The van der Waals surface area contributed by atoms with E-state index in [4.69, 9.17) is 4.74 Å². The number of rotatable bonds is 0. The van der Waals surface area contributed by atoms with Gasteiger partial charge in [0.2, 0.25) is 0 Å². The zero-order chi connectivity index (χ0) is 5.11. The third kappa shape index (κ3) is 1.48. The highest BCUT2D eigenvalue weighted by molar-refractivity contribution is 4.75. The summed E-state index contributed by atoms with van der Waals surface area (Å²) in [5, 5.41) is 0. The molecule has 0 saturated carbocycles. The average Bonchev–Trinajstić information content (AvgIpc) is 1.69. The Kier molecular flexibility index (Phi) is 1.69. The molecule has 0 bridgehead atoms. The van der Waals surface area contributed by atoms with Crippen molar-refractivity contribution < 1.29 is 4.74 Å². The molecule has 0 aromatic heterocycles. The van der Waals surface area contributed by atoms with Crippen molar-refractivity contribution in [2.75, 3.05) is 6.61 Å². The van der Waals surface area contributed by atoms with E-state index in [-0.39, 0.29) is 6.10 Å². The molecule has 1 nitrogen and oxygen atoms in total. The molecule has 1 saturated heterocycles. The number of hydrogen-bond acceptors (Lipinski definition) is 1. The molecule has 7 heavy (non-hydrogen) atoms. The van der Waals surface area contributed by atoms with Gasteiger partial charge in [0.15, 0.2) is 0 Å². The molecule has 0 aromatic carbocycles. The maximum absolute atomic E-state index is 5.17. The fraction of sp³-hybridized carbons (Fsp3) is 0.833. The topological polar surface area (TPSA) is 9.23 Å². The molecule has 1 unspecified atom stereocenters. The fourth-order valence-electron chi connectivity index (χ4n) is 0.697. The second-order valence-electron chi connectivity index (χ2n) is 1.82. The third-order valence-electron chi connectivity index (χ3n) is 1.12. The van der Waals surface area contributed by atoms with E-state index in [1.54, 1.807) is 0 Å². The summed E-state index contributed by atoms with van der Waals surface area (Å²) in [5.41, 5.74) is 0. The Labute approximate surface area is 44.7 Å². The van der Waals surface area contributed by atoms with E-state index in [1.165, 1.54) is 0 Å². The second-order valence-corrected chi connectivity index (χ2v) is 1.82. The predicted octanol–water partition coefficient (Wildman–Crippen LogP) is 1.27. The molecular formula is C6H10O. The van der Waals surface area contributed by atoms with Crippen LogP contribution in [0.2, 0.25) is 0 Å². The van der Waals surface area contributed by atoms with Crippen molar-refractivity contribution in [3.63, 3.8) is 0 Å². The number of hydrogen-bond donors (Lipinski definition) is 0. The molecule has 0 N–H and O–H groups in total. The summed E-state index contributed by atoms with van der Waals surface area (Å²) in [6.07, 6.45) is 5.71. The zero-order valence-electron chi connectivity index (χ0n) is 4.61. The first-order chi connectivity index (χ1) is 3.39. The first kappa shape index (κ1) is 5.10. The standard InChI is InChI=1S/C6H10O/c1-6-4-2-3-5-7-6/h6H,2-3,5H2,1H3. The van der Waals surface area contributed by atoms with E-state index >= 15 is 0 Å². The van der Waals surface area contributed by atoms with Crippen LogP contribution in [-0.4, -0.2) is 12.7 Å². The largest absolute Gasteiger partial charge is 0.378 e. The molecule has 0 aliphatic carbocycles. The highest BCUT2D eigenvalue weighted by Crippen LogP contribution is 2.09. The van der Waals surface area contributed by atoms with Gasteiger partial charge >= 0.3 is 0 Å². The van der Waals surface area contributed by atoms with E-state index in [0.29, 0.717) is 0 Å². The van der Waals surface area contributed by atoms with E-state index in [0.717, 1.165) is 19.4 Å². The van der Waals surface area contributed by atoms with Crippen LogP contribution in [0, 0.1) is 6.42 Å². The van der Waals surface area contributed by atoms with E-state index in [1.807, 2.05) is 6.92 Å². The Morgan fingerprint density at radius 1 is 1.71 bits per heavy atom. The lowest BCUT2D eigenvalue weighted by atomic mass is 10.1. The van der Waals surface area contributed by atoms with Gasteiger partial charge in [0.25, 0.3) is 0 Å². The Hall–Kier alpha value is -0.0400. The quantitative estimate of drug-likeness (QED) is 0.443. The summed E-state index contributed by atoms with van der Waals surface area (Å²) in [7, 11) is 0. The van der Waals surface area contributed by atoms with Crippen molar-refractivity contribution in [1.29, 1.82) is 0 Å². The molecule has 2 radical (unpaired) electrons. The molecule has 40 valence electrons. The van der Waals surface area contributed by atoms with Crippen LogP contribution in [0.25, 0.3) is 0 Å². The first-order valence-electron chi connectivity index (χ1n) is 2.74. The van der Waals surface area contributed by atoms with E-state index in [9.17, 15) is 0 Å². The molecule has 1 fully saturated rings. The second kappa shape index (κ2) is 2.31. The summed E-state index contributed by atoms with van der Waals surface area (Å²) in [4.78, 5) is 0. The summed E-state index contributed by atoms with van der Waals surface area (Å²) in [6.45, 7) is 2.95. The molecule has 0 amide bonds. The van der Waals surface area contributed by atoms with Gasteiger partial charge in [-0.2, -0.15) is 0 Å². The minimum absolute atomic E-state index is 0.286. The molecule has 1 rings (SSSR count). The molecular weight excluding hydrogens is 88.1 g/mol. The van der Waals surface area contributed by atoms with Crippen molar-refractivity contribution in [2.24, 2.45) is 0 Å². The molecule has 1 atom stereocenters. The van der Waals surface area contributed by atoms with Gasteiger partial charge in [-0.15, -0.1) is 0 Å². The van der Waals surface area contributed by atoms with Gasteiger partial charge in [0.05, 0.1) is 6.10 Å². The van der Waals surface area contributed by atoms with Gasteiger partial charge in [0, 0.05) is 13.0 Å². The highest BCUT2D eigenvalue weighted by Gasteiger charge is 2.06. The Morgan fingerprint density at radius 2 is 2.57 bits per heavy atom. The highest BCUT2D eigenvalue weighted by atomic mass is 16.5. The third-order valence-corrected chi connectivity index (χ3v) is 1.12.